The van der Waals surface area contributed by atoms with E-state index in [9.17, 15) is 9.28 Å². The van der Waals surface area contributed by atoms with Gasteiger partial charge in [0.05, 0.1) is 0 Å². The lowest BCUT2D eigenvalue weighted by atomic mass is 10.1. The van der Waals surface area contributed by atoms with Gasteiger partial charge in [0.25, 0.3) is 0 Å². The summed E-state index contributed by atoms with van der Waals surface area (Å²) < 4.78 is 12.0. The van der Waals surface area contributed by atoms with Crippen LogP contribution in [0.15, 0.2) is 30.3 Å². The van der Waals surface area contributed by atoms with E-state index >= 15 is 0 Å². The molecule has 0 saturated carbocycles. The molecule has 13 heavy (non-hydrogen) atoms. The predicted octanol–water partition coefficient (Wildman–Crippen LogP) is 1.16. The van der Waals surface area contributed by atoms with Crippen molar-refractivity contribution < 1.29 is 14.4 Å². The minimum absolute atomic E-state index is 0.146. The zero-order chi connectivity index (χ0) is 9.68. The molecule has 3 nitrogen and oxygen atoms in total. The van der Waals surface area contributed by atoms with Crippen molar-refractivity contribution in [1.29, 1.82) is 0 Å². The maximum Gasteiger partial charge on any atom is 0.323 e. The molecule has 0 aliphatic rings. The number of carboxylic acid groups (broad SMARTS) is 1. The van der Waals surface area contributed by atoms with Gasteiger partial charge < -0.3 is 5.11 Å². The van der Waals surface area contributed by atoms with E-state index in [0.717, 1.165) is 5.56 Å². The van der Waals surface area contributed by atoms with Gasteiger partial charge in [-0.3, -0.25) is 4.79 Å². The Morgan fingerprint density at radius 2 is 2.08 bits per heavy atom. The molecular formula is C9H10FNO2. The van der Waals surface area contributed by atoms with Crippen molar-refractivity contribution in [2.75, 3.05) is 0 Å². The molecule has 0 aliphatic heterocycles. The van der Waals surface area contributed by atoms with Crippen molar-refractivity contribution in [2.45, 2.75) is 12.5 Å². The molecule has 0 aromatic heterocycles. The average Bonchev–Trinajstić information content (AvgIpc) is 2.15. The van der Waals surface area contributed by atoms with Crippen molar-refractivity contribution in [3.63, 3.8) is 0 Å². The Bertz CT molecular complexity index is 276. The maximum atomic E-state index is 12.0. The van der Waals surface area contributed by atoms with E-state index in [1.165, 1.54) is 5.54 Å². The molecule has 0 heterocycles. The molecule has 0 saturated heterocycles. The van der Waals surface area contributed by atoms with Crippen LogP contribution in [0.1, 0.15) is 5.56 Å². The molecule has 1 aromatic carbocycles. The van der Waals surface area contributed by atoms with E-state index in [1.807, 2.05) is 6.07 Å². The Labute approximate surface area is 75.1 Å². The van der Waals surface area contributed by atoms with Gasteiger partial charge in [-0.25, -0.2) is 0 Å². The first-order valence-electron chi connectivity index (χ1n) is 3.87. The molecular weight excluding hydrogens is 173 g/mol. The van der Waals surface area contributed by atoms with Gasteiger partial charge in [-0.1, -0.05) is 30.3 Å². The normalized spacial score (nSPS) is 12.4. The number of benzene rings is 1. The van der Waals surface area contributed by atoms with E-state index < -0.39 is 12.0 Å². The largest absolute Gasteiger partial charge is 0.480 e. The van der Waals surface area contributed by atoms with Crippen LogP contribution in [-0.2, 0) is 11.2 Å². The number of rotatable bonds is 4. The number of aliphatic carboxylic acids is 1. The van der Waals surface area contributed by atoms with Crippen LogP contribution in [0.2, 0.25) is 0 Å². The van der Waals surface area contributed by atoms with Gasteiger partial charge in [-0.15, -0.1) is 10.0 Å². The molecule has 0 amide bonds. The highest BCUT2D eigenvalue weighted by Crippen LogP contribution is 2.03. The van der Waals surface area contributed by atoms with Crippen LogP contribution in [0.5, 0.6) is 0 Å². The Balaban J connectivity index is 2.62. The number of hydrogen-bond acceptors (Lipinski definition) is 2. The van der Waals surface area contributed by atoms with Gasteiger partial charge in [-0.2, -0.15) is 0 Å². The molecule has 0 fully saturated rings. The van der Waals surface area contributed by atoms with E-state index in [0.29, 0.717) is 0 Å². The molecule has 0 radical (unpaired) electrons. The fourth-order valence-electron chi connectivity index (χ4n) is 1.02. The van der Waals surface area contributed by atoms with Crippen LogP contribution in [-0.4, -0.2) is 17.1 Å². The van der Waals surface area contributed by atoms with Crippen molar-refractivity contribution in [3.8, 4) is 0 Å². The van der Waals surface area contributed by atoms with Crippen LogP contribution in [0.25, 0.3) is 0 Å². The molecule has 4 heteroatoms. The summed E-state index contributed by atoms with van der Waals surface area (Å²) in [4.78, 5) is 10.4. The van der Waals surface area contributed by atoms with Crippen molar-refractivity contribution in [3.05, 3.63) is 35.9 Å². The smallest absolute Gasteiger partial charge is 0.323 e. The summed E-state index contributed by atoms with van der Waals surface area (Å²) in [6, 6.07) is 7.74. The topological polar surface area (TPSA) is 49.3 Å². The zero-order valence-electron chi connectivity index (χ0n) is 6.90. The number of carboxylic acids is 1. The number of halogens is 1. The second kappa shape index (κ2) is 4.57. The third kappa shape index (κ3) is 2.83. The highest BCUT2D eigenvalue weighted by Gasteiger charge is 2.16. The fraction of sp³-hybridized carbons (Fsp3) is 0.222. The summed E-state index contributed by atoms with van der Waals surface area (Å²) in [6.45, 7) is 0. The second-order valence-corrected chi connectivity index (χ2v) is 2.69. The van der Waals surface area contributed by atoms with E-state index in [1.54, 1.807) is 24.3 Å². The molecule has 0 spiro atoms. The van der Waals surface area contributed by atoms with Crippen molar-refractivity contribution in [1.82, 2.24) is 5.54 Å². The molecule has 0 bridgehead atoms. The molecule has 2 N–H and O–H groups in total. The van der Waals surface area contributed by atoms with Crippen LogP contribution in [0.3, 0.4) is 0 Å². The zero-order valence-corrected chi connectivity index (χ0v) is 6.90. The molecule has 0 aliphatic carbocycles. The minimum atomic E-state index is -1.19. The first-order valence-corrected chi connectivity index (χ1v) is 3.87. The van der Waals surface area contributed by atoms with Crippen LogP contribution in [0.4, 0.5) is 4.48 Å². The maximum absolute atomic E-state index is 12.0. The van der Waals surface area contributed by atoms with Crippen LogP contribution >= 0.6 is 0 Å². The van der Waals surface area contributed by atoms with Gasteiger partial charge in [0.1, 0.15) is 6.04 Å². The third-order valence-electron chi connectivity index (χ3n) is 1.71. The van der Waals surface area contributed by atoms with Crippen molar-refractivity contribution >= 4 is 5.97 Å². The predicted molar refractivity (Wildman–Crippen MR) is 45.8 cm³/mol. The monoisotopic (exact) mass is 183 g/mol. The Kier molecular flexibility index (Phi) is 3.40. The SMILES string of the molecule is O=C(O)[C@H](Cc1ccccc1)NF. The Morgan fingerprint density at radius 1 is 1.46 bits per heavy atom. The summed E-state index contributed by atoms with van der Waals surface area (Å²) in [6.07, 6.45) is 0.146. The highest BCUT2D eigenvalue weighted by molar-refractivity contribution is 5.73. The van der Waals surface area contributed by atoms with Crippen LogP contribution < -0.4 is 5.54 Å². The lowest BCUT2D eigenvalue weighted by Crippen LogP contribution is -2.33. The van der Waals surface area contributed by atoms with E-state index in [2.05, 4.69) is 0 Å². The summed E-state index contributed by atoms with van der Waals surface area (Å²) in [5, 5.41) is 8.53. The second-order valence-electron chi connectivity index (χ2n) is 2.69. The fourth-order valence-corrected chi connectivity index (χ4v) is 1.02. The van der Waals surface area contributed by atoms with Gasteiger partial charge in [0.15, 0.2) is 0 Å². The molecule has 0 unspecified atom stereocenters. The lowest BCUT2D eigenvalue weighted by Gasteiger charge is -2.07. The molecule has 70 valence electrons. The van der Waals surface area contributed by atoms with Crippen molar-refractivity contribution in [2.24, 2.45) is 0 Å². The number of hydrogen-bond donors (Lipinski definition) is 2. The number of carbonyl (C=O) groups is 1. The van der Waals surface area contributed by atoms with E-state index in [-0.39, 0.29) is 6.42 Å². The summed E-state index contributed by atoms with van der Waals surface area (Å²) in [7, 11) is 0. The summed E-state index contributed by atoms with van der Waals surface area (Å²) in [5.74, 6) is -1.19. The molecule has 1 aromatic rings. The number of nitrogens with one attached hydrogen (secondary N) is 1. The quantitative estimate of drug-likeness (QED) is 0.688. The van der Waals surface area contributed by atoms with Gasteiger partial charge in [-0.05, 0) is 5.56 Å². The first-order chi connectivity index (χ1) is 6.24. The summed E-state index contributed by atoms with van der Waals surface area (Å²) in [5.41, 5.74) is 2.04. The van der Waals surface area contributed by atoms with Gasteiger partial charge in [0, 0.05) is 6.42 Å². The van der Waals surface area contributed by atoms with Gasteiger partial charge in [0.2, 0.25) is 0 Å². The standard InChI is InChI=1S/C9H10FNO2/c10-11-8(9(12)13)6-7-4-2-1-3-5-7/h1-5,8,11H,6H2,(H,12,13)/t8-/m0/s1. The average molecular weight is 183 g/mol. The minimum Gasteiger partial charge on any atom is -0.480 e. The highest BCUT2D eigenvalue weighted by atomic mass is 19.2. The summed E-state index contributed by atoms with van der Waals surface area (Å²) >= 11 is 0. The Morgan fingerprint density at radius 3 is 2.54 bits per heavy atom. The van der Waals surface area contributed by atoms with Gasteiger partial charge >= 0.3 is 5.97 Å². The molecule has 1 atom stereocenters. The van der Waals surface area contributed by atoms with E-state index in [4.69, 9.17) is 5.11 Å². The first kappa shape index (κ1) is 9.67. The van der Waals surface area contributed by atoms with Crippen LogP contribution in [0, 0.1) is 0 Å². The third-order valence-corrected chi connectivity index (χ3v) is 1.71. The molecule has 1 rings (SSSR count). The lowest BCUT2D eigenvalue weighted by molar-refractivity contribution is -0.140. The Hall–Kier alpha value is -1.42.